The fraction of sp³-hybridized carbons (Fsp3) is 0.333. The van der Waals surface area contributed by atoms with Crippen LogP contribution in [-0.4, -0.2) is 29.3 Å². The second-order valence-electron chi connectivity index (χ2n) is 5.29. The first kappa shape index (κ1) is 15.5. The molecule has 0 aliphatic carbocycles. The minimum atomic E-state index is -1.26. The van der Waals surface area contributed by atoms with E-state index in [1.807, 2.05) is 0 Å². The van der Waals surface area contributed by atoms with E-state index >= 15 is 0 Å². The van der Waals surface area contributed by atoms with Crippen LogP contribution in [0, 0.1) is 17.5 Å². The second kappa shape index (κ2) is 6.41. The van der Waals surface area contributed by atoms with Gasteiger partial charge in [0.2, 0.25) is 0 Å². The highest BCUT2D eigenvalue weighted by Gasteiger charge is 2.22. The van der Waals surface area contributed by atoms with Gasteiger partial charge in [-0.2, -0.15) is 5.10 Å². The molecule has 0 spiro atoms. The molecule has 1 fully saturated rings. The molecule has 1 aliphatic heterocycles. The third kappa shape index (κ3) is 3.37. The van der Waals surface area contributed by atoms with E-state index in [4.69, 9.17) is 4.74 Å². The highest BCUT2D eigenvalue weighted by molar-refractivity contribution is 6.04. The number of halogens is 3. The summed E-state index contributed by atoms with van der Waals surface area (Å²) in [5.41, 5.74) is -0.0225. The monoisotopic (exact) mass is 325 g/mol. The van der Waals surface area contributed by atoms with E-state index in [0.29, 0.717) is 25.3 Å². The van der Waals surface area contributed by atoms with Crippen LogP contribution in [0.1, 0.15) is 34.8 Å². The van der Waals surface area contributed by atoms with Crippen LogP contribution >= 0.6 is 0 Å². The van der Waals surface area contributed by atoms with Crippen molar-refractivity contribution in [3.63, 3.8) is 0 Å². The zero-order valence-electron chi connectivity index (χ0n) is 12.0. The first-order valence-corrected chi connectivity index (χ1v) is 7.13. The Morgan fingerprint density at radius 2 is 1.83 bits per heavy atom. The van der Waals surface area contributed by atoms with Crippen molar-refractivity contribution >= 4 is 11.7 Å². The van der Waals surface area contributed by atoms with E-state index in [1.54, 1.807) is 6.07 Å². The average Bonchev–Trinajstić information content (AvgIpc) is 2.95. The number of hydrogen-bond donors (Lipinski definition) is 2. The molecular formula is C15H14F3N3O2. The van der Waals surface area contributed by atoms with Crippen molar-refractivity contribution < 1.29 is 22.7 Å². The highest BCUT2D eigenvalue weighted by atomic mass is 19.1. The van der Waals surface area contributed by atoms with Gasteiger partial charge in [-0.3, -0.25) is 9.89 Å². The highest BCUT2D eigenvalue weighted by Crippen LogP contribution is 2.27. The lowest BCUT2D eigenvalue weighted by molar-refractivity contribution is 0.0845. The number of benzene rings is 1. The van der Waals surface area contributed by atoms with Gasteiger partial charge in [-0.15, -0.1) is 0 Å². The molecule has 23 heavy (non-hydrogen) atoms. The third-order valence-electron chi connectivity index (χ3n) is 3.73. The summed E-state index contributed by atoms with van der Waals surface area (Å²) in [4.78, 5) is 12.0. The van der Waals surface area contributed by atoms with E-state index in [1.165, 1.54) is 0 Å². The molecule has 0 radical (unpaired) electrons. The molecule has 5 nitrogen and oxygen atoms in total. The molecule has 122 valence electrons. The first-order valence-electron chi connectivity index (χ1n) is 7.13. The number of nitrogens with zero attached hydrogens (tertiary/aromatic N) is 1. The van der Waals surface area contributed by atoms with Gasteiger partial charge < -0.3 is 10.1 Å². The zero-order valence-corrected chi connectivity index (χ0v) is 12.0. The van der Waals surface area contributed by atoms with Crippen LogP contribution in [0.3, 0.4) is 0 Å². The summed E-state index contributed by atoms with van der Waals surface area (Å²) in [7, 11) is 0. The lowest BCUT2D eigenvalue weighted by atomic mass is 9.97. The van der Waals surface area contributed by atoms with E-state index in [-0.39, 0.29) is 11.7 Å². The van der Waals surface area contributed by atoms with Gasteiger partial charge in [0, 0.05) is 43.0 Å². The second-order valence-corrected chi connectivity index (χ2v) is 5.29. The third-order valence-corrected chi connectivity index (χ3v) is 3.73. The zero-order chi connectivity index (χ0) is 16.4. The quantitative estimate of drug-likeness (QED) is 0.912. The molecule has 3 rings (SSSR count). The van der Waals surface area contributed by atoms with Gasteiger partial charge in [-0.05, 0) is 12.8 Å². The summed E-state index contributed by atoms with van der Waals surface area (Å²) in [6.45, 7) is 1.30. The number of anilines is 1. The molecule has 1 aliphatic rings. The molecule has 8 heteroatoms. The molecule has 1 aromatic carbocycles. The van der Waals surface area contributed by atoms with Crippen LogP contribution in [0.5, 0.6) is 0 Å². The number of hydrogen-bond acceptors (Lipinski definition) is 3. The van der Waals surface area contributed by atoms with Gasteiger partial charge in [0.05, 0.1) is 0 Å². The molecule has 1 aromatic heterocycles. The summed E-state index contributed by atoms with van der Waals surface area (Å²) in [6.07, 6.45) is 1.66. The van der Waals surface area contributed by atoms with Crippen LogP contribution in [0.25, 0.3) is 0 Å². The summed E-state index contributed by atoms with van der Waals surface area (Å²) < 4.78 is 45.3. The summed E-state index contributed by atoms with van der Waals surface area (Å²) in [6, 6.07) is 2.53. The van der Waals surface area contributed by atoms with Crippen molar-refractivity contribution in [1.29, 1.82) is 0 Å². The summed E-state index contributed by atoms with van der Waals surface area (Å²) >= 11 is 0. The minimum Gasteiger partial charge on any atom is -0.381 e. The molecule has 0 saturated carbocycles. The maximum atomic E-state index is 13.6. The predicted molar refractivity (Wildman–Crippen MR) is 75.7 cm³/mol. The van der Waals surface area contributed by atoms with Crippen molar-refractivity contribution in [3.05, 3.63) is 46.9 Å². The first-order chi connectivity index (χ1) is 11.0. The van der Waals surface area contributed by atoms with Gasteiger partial charge >= 0.3 is 0 Å². The number of carbonyl (C=O) groups excluding carboxylic acids is 1. The van der Waals surface area contributed by atoms with Crippen LogP contribution < -0.4 is 5.32 Å². The molecule has 0 atom stereocenters. The number of ether oxygens (including phenoxy) is 1. The summed E-state index contributed by atoms with van der Waals surface area (Å²) in [5.74, 6) is -4.25. The lowest BCUT2D eigenvalue weighted by Gasteiger charge is -2.20. The van der Waals surface area contributed by atoms with Gasteiger partial charge in [0.25, 0.3) is 5.91 Å². The van der Waals surface area contributed by atoms with Gasteiger partial charge in [-0.1, -0.05) is 0 Å². The van der Waals surface area contributed by atoms with Gasteiger partial charge in [0.1, 0.15) is 23.0 Å². The Morgan fingerprint density at radius 1 is 1.17 bits per heavy atom. The Balaban J connectivity index is 1.75. The maximum absolute atomic E-state index is 13.6. The molecule has 2 N–H and O–H groups in total. The average molecular weight is 325 g/mol. The number of nitrogens with one attached hydrogen (secondary N) is 2. The van der Waals surface area contributed by atoms with E-state index in [2.05, 4.69) is 15.5 Å². The van der Waals surface area contributed by atoms with Gasteiger partial charge in [-0.25, -0.2) is 13.2 Å². The number of H-pyrrole nitrogens is 1. The molecule has 2 aromatic rings. The van der Waals surface area contributed by atoms with Crippen molar-refractivity contribution in [2.75, 3.05) is 18.5 Å². The fourth-order valence-corrected chi connectivity index (χ4v) is 2.56. The SMILES string of the molecule is O=C(Nc1cc(C2CCOCC2)[nH]n1)c1c(F)cc(F)cc1F. The molecule has 1 amide bonds. The normalized spacial score (nSPS) is 15.6. The molecular weight excluding hydrogens is 311 g/mol. The van der Waals surface area contributed by atoms with Crippen molar-refractivity contribution in [1.82, 2.24) is 10.2 Å². The van der Waals surface area contributed by atoms with Crippen molar-refractivity contribution in [3.8, 4) is 0 Å². The Morgan fingerprint density at radius 3 is 2.48 bits per heavy atom. The van der Waals surface area contributed by atoms with Crippen molar-refractivity contribution in [2.24, 2.45) is 0 Å². The Hall–Kier alpha value is -2.35. The molecule has 0 bridgehead atoms. The maximum Gasteiger partial charge on any atom is 0.262 e. The number of amides is 1. The largest absolute Gasteiger partial charge is 0.381 e. The Labute approximate surface area is 129 Å². The smallest absolute Gasteiger partial charge is 0.262 e. The van der Waals surface area contributed by atoms with Crippen LogP contribution in [0.2, 0.25) is 0 Å². The van der Waals surface area contributed by atoms with Crippen LogP contribution in [-0.2, 0) is 4.74 Å². The van der Waals surface area contributed by atoms with E-state index in [0.717, 1.165) is 18.5 Å². The number of aromatic nitrogens is 2. The van der Waals surface area contributed by atoms with Gasteiger partial charge in [0.15, 0.2) is 5.82 Å². The fourth-order valence-electron chi connectivity index (χ4n) is 2.56. The Kier molecular flexibility index (Phi) is 4.33. The van der Waals surface area contributed by atoms with Crippen LogP contribution in [0.4, 0.5) is 19.0 Å². The van der Waals surface area contributed by atoms with Crippen LogP contribution in [0.15, 0.2) is 18.2 Å². The van der Waals surface area contributed by atoms with Crippen molar-refractivity contribution in [2.45, 2.75) is 18.8 Å². The number of aromatic amines is 1. The number of carbonyl (C=O) groups is 1. The molecule has 0 unspecified atom stereocenters. The Bertz CT molecular complexity index is 704. The molecule has 1 saturated heterocycles. The predicted octanol–water partition coefficient (Wildman–Crippen LogP) is 2.97. The summed E-state index contributed by atoms with van der Waals surface area (Å²) in [5, 5.41) is 9.02. The minimum absolute atomic E-state index is 0.152. The standard InChI is InChI=1S/C15H14F3N3O2/c16-9-5-10(17)14(11(18)6-9)15(22)19-13-7-12(20-21-13)8-1-3-23-4-2-8/h5-8H,1-4H2,(H2,19,20,21,22). The number of rotatable bonds is 3. The topological polar surface area (TPSA) is 67.0 Å². The molecule has 2 heterocycles. The van der Waals surface area contributed by atoms with E-state index in [9.17, 15) is 18.0 Å². The van der Waals surface area contributed by atoms with E-state index < -0.39 is 28.9 Å². The lowest BCUT2D eigenvalue weighted by Crippen LogP contribution is -2.16.